The molecule has 0 fully saturated rings. The Morgan fingerprint density at radius 1 is 1.38 bits per heavy atom. The third-order valence-corrected chi connectivity index (χ3v) is 3.84. The van der Waals surface area contributed by atoms with Gasteiger partial charge in [-0.1, -0.05) is 25.1 Å². The molecule has 21 heavy (non-hydrogen) atoms. The normalized spacial score (nSPS) is 14.0. The van der Waals surface area contributed by atoms with E-state index < -0.39 is 0 Å². The van der Waals surface area contributed by atoms with Gasteiger partial charge in [-0.05, 0) is 30.4 Å². The SMILES string of the molecule is CC(C)CCc1noc(CN2CCc3ccc(O)cc32)n1. The fourth-order valence-corrected chi connectivity index (χ4v) is 2.64. The molecule has 0 saturated heterocycles. The van der Waals surface area contributed by atoms with Gasteiger partial charge in [0.2, 0.25) is 5.89 Å². The molecule has 3 rings (SSSR count). The molecule has 0 spiro atoms. The quantitative estimate of drug-likeness (QED) is 0.916. The number of nitrogens with zero attached hydrogens (tertiary/aromatic N) is 3. The molecule has 0 unspecified atom stereocenters. The van der Waals surface area contributed by atoms with Crippen LogP contribution >= 0.6 is 0 Å². The Morgan fingerprint density at radius 3 is 3.05 bits per heavy atom. The maximum Gasteiger partial charge on any atom is 0.246 e. The van der Waals surface area contributed by atoms with Crippen LogP contribution < -0.4 is 4.90 Å². The summed E-state index contributed by atoms with van der Waals surface area (Å²) in [7, 11) is 0. The first-order valence-electron chi connectivity index (χ1n) is 7.50. The molecule has 0 atom stereocenters. The second-order valence-corrected chi connectivity index (χ2v) is 6.02. The van der Waals surface area contributed by atoms with Crippen molar-refractivity contribution < 1.29 is 9.63 Å². The second-order valence-electron chi connectivity index (χ2n) is 6.02. The Labute approximate surface area is 124 Å². The fourth-order valence-electron chi connectivity index (χ4n) is 2.64. The number of aryl methyl sites for hydroxylation is 1. The highest BCUT2D eigenvalue weighted by Gasteiger charge is 2.21. The van der Waals surface area contributed by atoms with Crippen LogP contribution in [0.1, 0.15) is 37.5 Å². The Kier molecular flexibility index (Phi) is 3.82. The average Bonchev–Trinajstić information content (AvgIpc) is 3.05. The minimum atomic E-state index is 0.295. The smallest absolute Gasteiger partial charge is 0.246 e. The zero-order valence-corrected chi connectivity index (χ0v) is 12.5. The molecule has 112 valence electrons. The van der Waals surface area contributed by atoms with Crippen LogP contribution in [0.25, 0.3) is 0 Å². The largest absolute Gasteiger partial charge is 0.508 e. The molecule has 2 aromatic rings. The van der Waals surface area contributed by atoms with Gasteiger partial charge in [-0.3, -0.25) is 0 Å². The molecule has 0 aliphatic carbocycles. The zero-order valence-electron chi connectivity index (χ0n) is 12.5. The van der Waals surface area contributed by atoms with E-state index in [-0.39, 0.29) is 0 Å². The number of rotatable bonds is 5. The number of phenols is 1. The molecular weight excluding hydrogens is 266 g/mol. The first-order valence-corrected chi connectivity index (χ1v) is 7.50. The van der Waals surface area contributed by atoms with Crippen LogP contribution in [0.5, 0.6) is 5.75 Å². The number of hydrogen-bond acceptors (Lipinski definition) is 5. The molecule has 1 N–H and O–H groups in total. The summed E-state index contributed by atoms with van der Waals surface area (Å²) < 4.78 is 5.34. The van der Waals surface area contributed by atoms with Gasteiger partial charge in [-0.2, -0.15) is 4.98 Å². The lowest BCUT2D eigenvalue weighted by Crippen LogP contribution is -2.19. The first kappa shape index (κ1) is 13.9. The van der Waals surface area contributed by atoms with Crippen molar-refractivity contribution in [3.8, 4) is 5.75 Å². The minimum Gasteiger partial charge on any atom is -0.508 e. The molecule has 2 heterocycles. The van der Waals surface area contributed by atoms with E-state index in [0.717, 1.165) is 37.3 Å². The van der Waals surface area contributed by atoms with E-state index in [4.69, 9.17) is 4.52 Å². The number of phenolic OH excluding ortho intramolecular Hbond substituents is 1. The Bertz CT molecular complexity index is 622. The van der Waals surface area contributed by atoms with Crippen molar-refractivity contribution in [2.75, 3.05) is 11.4 Å². The van der Waals surface area contributed by atoms with Gasteiger partial charge < -0.3 is 14.5 Å². The summed E-state index contributed by atoms with van der Waals surface area (Å²) in [6.45, 7) is 5.90. The van der Waals surface area contributed by atoms with Gasteiger partial charge in [-0.25, -0.2) is 0 Å². The van der Waals surface area contributed by atoms with Gasteiger partial charge in [0.05, 0.1) is 6.54 Å². The van der Waals surface area contributed by atoms with Crippen molar-refractivity contribution >= 4 is 5.69 Å². The summed E-state index contributed by atoms with van der Waals surface area (Å²) in [5.41, 5.74) is 2.32. The number of aromatic nitrogens is 2. The molecule has 0 radical (unpaired) electrons. The van der Waals surface area contributed by atoms with Gasteiger partial charge in [0.1, 0.15) is 5.75 Å². The van der Waals surface area contributed by atoms with Crippen molar-refractivity contribution in [3.05, 3.63) is 35.5 Å². The molecule has 0 saturated carbocycles. The van der Waals surface area contributed by atoms with E-state index in [9.17, 15) is 5.11 Å². The Hall–Kier alpha value is -2.04. The van der Waals surface area contributed by atoms with Crippen LogP contribution in [0.3, 0.4) is 0 Å². The van der Waals surface area contributed by atoms with Crippen LogP contribution in [0.2, 0.25) is 0 Å². The molecule has 5 nitrogen and oxygen atoms in total. The van der Waals surface area contributed by atoms with Crippen LogP contribution in [0, 0.1) is 5.92 Å². The average molecular weight is 287 g/mol. The summed E-state index contributed by atoms with van der Waals surface area (Å²) in [5, 5.41) is 13.7. The van der Waals surface area contributed by atoms with Crippen molar-refractivity contribution in [2.45, 2.75) is 39.7 Å². The number of fused-ring (bicyclic) bond motifs is 1. The second kappa shape index (κ2) is 5.76. The van der Waals surface area contributed by atoms with E-state index in [1.54, 1.807) is 12.1 Å². The zero-order chi connectivity index (χ0) is 14.8. The van der Waals surface area contributed by atoms with Crippen molar-refractivity contribution in [3.63, 3.8) is 0 Å². The minimum absolute atomic E-state index is 0.295. The standard InChI is InChI=1S/C16H21N3O2/c1-11(2)3-6-15-17-16(21-18-15)10-19-8-7-12-4-5-13(20)9-14(12)19/h4-5,9,11,20H,3,6-8,10H2,1-2H3. The topological polar surface area (TPSA) is 62.4 Å². The van der Waals surface area contributed by atoms with Gasteiger partial charge in [-0.15, -0.1) is 0 Å². The summed E-state index contributed by atoms with van der Waals surface area (Å²) in [6.07, 6.45) is 2.92. The highest BCUT2D eigenvalue weighted by molar-refractivity contribution is 5.60. The number of anilines is 1. The van der Waals surface area contributed by atoms with Gasteiger partial charge in [0, 0.05) is 24.7 Å². The molecule has 1 aromatic heterocycles. The van der Waals surface area contributed by atoms with E-state index in [1.807, 2.05) is 6.07 Å². The third-order valence-electron chi connectivity index (χ3n) is 3.84. The molecule has 1 aliphatic rings. The van der Waals surface area contributed by atoms with Gasteiger partial charge >= 0.3 is 0 Å². The predicted molar refractivity (Wildman–Crippen MR) is 80.3 cm³/mol. The lowest BCUT2D eigenvalue weighted by atomic mass is 10.1. The summed E-state index contributed by atoms with van der Waals surface area (Å²) >= 11 is 0. The maximum atomic E-state index is 9.63. The number of aromatic hydroxyl groups is 1. The summed E-state index contributed by atoms with van der Waals surface area (Å²) in [4.78, 5) is 6.63. The van der Waals surface area contributed by atoms with Crippen LogP contribution in [-0.2, 0) is 19.4 Å². The molecule has 0 bridgehead atoms. The van der Waals surface area contributed by atoms with Crippen LogP contribution in [0.15, 0.2) is 22.7 Å². The van der Waals surface area contributed by atoms with E-state index in [2.05, 4.69) is 28.9 Å². The third kappa shape index (κ3) is 3.17. The summed E-state index contributed by atoms with van der Waals surface area (Å²) in [5.74, 6) is 2.36. The van der Waals surface area contributed by atoms with Gasteiger partial charge in [0.25, 0.3) is 0 Å². The maximum absolute atomic E-state index is 9.63. The van der Waals surface area contributed by atoms with Crippen LogP contribution in [0.4, 0.5) is 5.69 Å². The van der Waals surface area contributed by atoms with Crippen molar-refractivity contribution in [1.29, 1.82) is 0 Å². The summed E-state index contributed by atoms with van der Waals surface area (Å²) in [6, 6.07) is 5.52. The lowest BCUT2D eigenvalue weighted by Gasteiger charge is -2.16. The van der Waals surface area contributed by atoms with Crippen molar-refractivity contribution in [2.24, 2.45) is 5.92 Å². The molecule has 1 aliphatic heterocycles. The fraction of sp³-hybridized carbons (Fsp3) is 0.500. The van der Waals surface area contributed by atoms with Gasteiger partial charge in [0.15, 0.2) is 5.82 Å². The first-order chi connectivity index (χ1) is 10.1. The van der Waals surface area contributed by atoms with E-state index in [0.29, 0.717) is 24.1 Å². The number of hydrogen-bond donors (Lipinski definition) is 1. The van der Waals surface area contributed by atoms with Crippen LogP contribution in [-0.4, -0.2) is 21.8 Å². The Morgan fingerprint density at radius 2 is 2.24 bits per heavy atom. The Balaban J connectivity index is 1.67. The molecule has 5 heteroatoms. The highest BCUT2D eigenvalue weighted by atomic mass is 16.5. The predicted octanol–water partition coefficient (Wildman–Crippen LogP) is 2.93. The molecule has 1 aromatic carbocycles. The lowest BCUT2D eigenvalue weighted by molar-refractivity contribution is 0.370. The van der Waals surface area contributed by atoms with Crippen molar-refractivity contribution in [1.82, 2.24) is 10.1 Å². The molecule has 0 amide bonds. The highest BCUT2D eigenvalue weighted by Crippen LogP contribution is 2.32. The monoisotopic (exact) mass is 287 g/mol. The van der Waals surface area contributed by atoms with E-state index >= 15 is 0 Å². The molecular formula is C16H21N3O2. The van der Waals surface area contributed by atoms with E-state index in [1.165, 1.54) is 5.56 Å². The number of benzene rings is 1.